The summed E-state index contributed by atoms with van der Waals surface area (Å²) in [6, 6.07) is 16.6. The van der Waals surface area contributed by atoms with Crippen LogP contribution in [0.1, 0.15) is 48.5 Å². The van der Waals surface area contributed by atoms with Gasteiger partial charge in [-0.25, -0.2) is 13.8 Å². The van der Waals surface area contributed by atoms with Crippen molar-refractivity contribution >= 4 is 0 Å². The van der Waals surface area contributed by atoms with Gasteiger partial charge >= 0.3 is 0 Å². The molecule has 0 saturated carbocycles. The van der Waals surface area contributed by atoms with Crippen LogP contribution < -0.4 is 0 Å². The number of hydrogen-bond acceptors (Lipinski definition) is 5. The van der Waals surface area contributed by atoms with Gasteiger partial charge in [0.05, 0.1) is 24.0 Å². The lowest BCUT2D eigenvalue weighted by Gasteiger charge is -2.34. The number of fused-ring (bicyclic) bond motifs is 1. The van der Waals surface area contributed by atoms with Gasteiger partial charge in [-0.05, 0) is 46.2 Å². The fourth-order valence-electron chi connectivity index (χ4n) is 4.22. The molecule has 5 rings (SSSR count). The molecule has 2 aromatic heterocycles. The predicted octanol–water partition coefficient (Wildman–Crippen LogP) is 3.73. The van der Waals surface area contributed by atoms with Crippen LogP contribution in [0.2, 0.25) is 0 Å². The summed E-state index contributed by atoms with van der Waals surface area (Å²) in [5, 5.41) is 17.2. The van der Waals surface area contributed by atoms with Crippen molar-refractivity contribution in [2.75, 3.05) is 6.54 Å². The summed E-state index contributed by atoms with van der Waals surface area (Å²) in [5.41, 5.74) is 4.26. The van der Waals surface area contributed by atoms with Crippen LogP contribution in [0.15, 0.2) is 60.8 Å². The van der Waals surface area contributed by atoms with Gasteiger partial charge < -0.3 is 0 Å². The minimum absolute atomic E-state index is 0.149. The molecule has 31 heavy (non-hydrogen) atoms. The second-order valence-electron chi connectivity index (χ2n) is 8.16. The third-order valence-electron chi connectivity index (χ3n) is 5.72. The van der Waals surface area contributed by atoms with Crippen LogP contribution in [0, 0.1) is 5.82 Å². The highest BCUT2D eigenvalue weighted by molar-refractivity contribution is 5.34. The van der Waals surface area contributed by atoms with Crippen LogP contribution in [0.3, 0.4) is 0 Å². The molecule has 3 heterocycles. The molecule has 4 aromatic rings. The van der Waals surface area contributed by atoms with Gasteiger partial charge in [0.25, 0.3) is 0 Å². The first kappa shape index (κ1) is 19.6. The fraction of sp³-hybridized carbons (Fsp3) is 0.304. The van der Waals surface area contributed by atoms with Crippen molar-refractivity contribution in [2.45, 2.75) is 38.9 Å². The van der Waals surface area contributed by atoms with Gasteiger partial charge in [-0.1, -0.05) is 44.2 Å². The molecular formula is C23H24FN7. The molecule has 1 aliphatic rings. The zero-order valence-electron chi connectivity index (χ0n) is 17.6. The lowest BCUT2D eigenvalue weighted by Crippen LogP contribution is -2.39. The molecule has 7 nitrogen and oxygen atoms in total. The number of halogens is 1. The van der Waals surface area contributed by atoms with Crippen LogP contribution in [-0.4, -0.2) is 41.4 Å². The summed E-state index contributed by atoms with van der Waals surface area (Å²) < 4.78 is 17.4. The minimum atomic E-state index is -0.253. The first-order valence-electron chi connectivity index (χ1n) is 10.5. The van der Waals surface area contributed by atoms with E-state index in [4.69, 9.17) is 5.10 Å². The van der Waals surface area contributed by atoms with E-state index >= 15 is 0 Å². The van der Waals surface area contributed by atoms with Crippen molar-refractivity contribution in [3.63, 3.8) is 0 Å². The molecule has 0 fully saturated rings. The maximum absolute atomic E-state index is 13.6. The van der Waals surface area contributed by atoms with E-state index in [1.54, 1.807) is 0 Å². The Bertz CT molecular complexity index is 1160. The maximum atomic E-state index is 13.6. The molecule has 1 atom stereocenters. The van der Waals surface area contributed by atoms with E-state index < -0.39 is 0 Å². The van der Waals surface area contributed by atoms with Crippen molar-refractivity contribution in [3.8, 4) is 5.69 Å². The minimum Gasteiger partial charge on any atom is -0.283 e. The highest BCUT2D eigenvalue weighted by Crippen LogP contribution is 2.32. The number of benzene rings is 2. The summed E-state index contributed by atoms with van der Waals surface area (Å²) in [7, 11) is 0. The number of rotatable bonds is 5. The summed E-state index contributed by atoms with van der Waals surface area (Å²) in [6.07, 6.45) is 2.12. The molecule has 0 saturated heterocycles. The summed E-state index contributed by atoms with van der Waals surface area (Å²) >= 11 is 0. The van der Waals surface area contributed by atoms with Gasteiger partial charge in [0.2, 0.25) is 0 Å². The van der Waals surface area contributed by atoms with Crippen LogP contribution in [0.4, 0.5) is 4.39 Å². The second-order valence-corrected chi connectivity index (χ2v) is 8.16. The van der Waals surface area contributed by atoms with E-state index in [9.17, 15) is 4.39 Å². The molecule has 0 aliphatic carbocycles. The third kappa shape index (κ3) is 3.74. The molecular weight excluding hydrogens is 393 g/mol. The fourth-order valence-corrected chi connectivity index (χ4v) is 4.22. The number of nitrogens with zero attached hydrogens (tertiary/aromatic N) is 7. The maximum Gasteiger partial charge on any atom is 0.173 e. The number of hydrogen-bond donors (Lipinski definition) is 0. The van der Waals surface area contributed by atoms with Crippen LogP contribution in [0.5, 0.6) is 0 Å². The van der Waals surface area contributed by atoms with Crippen molar-refractivity contribution in [3.05, 3.63) is 89.3 Å². The topological polar surface area (TPSA) is 64.7 Å². The van der Waals surface area contributed by atoms with Gasteiger partial charge in [0.15, 0.2) is 5.82 Å². The lowest BCUT2D eigenvalue weighted by molar-refractivity contribution is 0.163. The molecule has 0 N–H and O–H groups in total. The Morgan fingerprint density at radius 2 is 1.81 bits per heavy atom. The molecule has 158 valence electrons. The number of para-hydroxylation sites is 1. The second kappa shape index (κ2) is 8.03. The lowest BCUT2D eigenvalue weighted by atomic mass is 10.0. The van der Waals surface area contributed by atoms with Crippen molar-refractivity contribution in [2.24, 2.45) is 0 Å². The average molecular weight is 417 g/mol. The zero-order chi connectivity index (χ0) is 21.4. The van der Waals surface area contributed by atoms with E-state index in [1.165, 1.54) is 17.7 Å². The number of aromatic nitrogens is 6. The Labute approximate surface area is 180 Å². The zero-order valence-corrected chi connectivity index (χ0v) is 17.6. The highest BCUT2D eigenvalue weighted by atomic mass is 19.1. The Balaban J connectivity index is 1.52. The standard InChI is InChI=1S/C23H24FN7/c1-16(2)21-18(15-31(26-21)20-6-4-3-5-7-20)14-29-12-13-30-23(25-27-28-30)22(29)17-8-10-19(24)11-9-17/h3-11,15-16,22H,12-14H2,1-2H3. The highest BCUT2D eigenvalue weighted by Gasteiger charge is 2.32. The largest absolute Gasteiger partial charge is 0.283 e. The first-order chi connectivity index (χ1) is 15.1. The van der Waals surface area contributed by atoms with Gasteiger partial charge in [-0.15, -0.1) is 5.10 Å². The Morgan fingerprint density at radius 3 is 2.55 bits per heavy atom. The van der Waals surface area contributed by atoms with Crippen molar-refractivity contribution < 1.29 is 4.39 Å². The third-order valence-corrected chi connectivity index (χ3v) is 5.72. The molecule has 2 aromatic carbocycles. The average Bonchev–Trinajstić information content (AvgIpc) is 3.42. The van der Waals surface area contributed by atoms with Crippen molar-refractivity contribution in [1.29, 1.82) is 0 Å². The molecule has 1 aliphatic heterocycles. The first-order valence-corrected chi connectivity index (χ1v) is 10.5. The van der Waals surface area contributed by atoms with Gasteiger partial charge in [0.1, 0.15) is 5.82 Å². The molecule has 1 unspecified atom stereocenters. The Kier molecular flexibility index (Phi) is 5.07. The monoisotopic (exact) mass is 417 g/mol. The van der Waals surface area contributed by atoms with Crippen LogP contribution in [-0.2, 0) is 13.1 Å². The van der Waals surface area contributed by atoms with Gasteiger partial charge in [0, 0.05) is 24.8 Å². The van der Waals surface area contributed by atoms with E-state index in [0.29, 0.717) is 19.0 Å². The van der Waals surface area contributed by atoms with Gasteiger partial charge in [-0.2, -0.15) is 5.10 Å². The molecule has 0 spiro atoms. The summed E-state index contributed by atoms with van der Waals surface area (Å²) in [6.45, 7) is 6.53. The predicted molar refractivity (Wildman–Crippen MR) is 114 cm³/mol. The van der Waals surface area contributed by atoms with E-state index in [-0.39, 0.29) is 11.9 Å². The van der Waals surface area contributed by atoms with E-state index in [1.807, 2.05) is 39.7 Å². The molecule has 0 bridgehead atoms. The normalized spacial score (nSPS) is 16.6. The summed E-state index contributed by atoms with van der Waals surface area (Å²) in [4.78, 5) is 2.34. The summed E-state index contributed by atoms with van der Waals surface area (Å²) in [5.74, 6) is 0.815. The molecule has 8 heteroatoms. The number of tetrazole rings is 1. The Hall–Kier alpha value is -3.39. The van der Waals surface area contributed by atoms with E-state index in [0.717, 1.165) is 29.3 Å². The molecule has 0 amide bonds. The van der Waals surface area contributed by atoms with Crippen LogP contribution >= 0.6 is 0 Å². The Morgan fingerprint density at radius 1 is 1.03 bits per heavy atom. The van der Waals surface area contributed by atoms with E-state index in [2.05, 4.69) is 52.6 Å². The van der Waals surface area contributed by atoms with Crippen molar-refractivity contribution in [1.82, 2.24) is 34.9 Å². The van der Waals surface area contributed by atoms with Gasteiger partial charge in [-0.3, -0.25) is 4.90 Å². The SMILES string of the molecule is CC(C)c1nn(-c2ccccc2)cc1CN1CCn2nnnc2C1c1ccc(F)cc1. The smallest absolute Gasteiger partial charge is 0.173 e. The van der Waals surface area contributed by atoms with Crippen LogP contribution in [0.25, 0.3) is 5.69 Å². The molecule has 0 radical (unpaired) electrons. The quantitative estimate of drug-likeness (QED) is 0.495.